The zero-order valence-corrected chi connectivity index (χ0v) is 10.2. The molecule has 18 heavy (non-hydrogen) atoms. The topological polar surface area (TPSA) is 70.9 Å². The molecule has 0 amide bonds. The highest BCUT2D eigenvalue weighted by molar-refractivity contribution is 7.60. The number of hydrogen-bond donors (Lipinski definition) is 1. The van der Waals surface area contributed by atoms with Crippen molar-refractivity contribution in [2.24, 2.45) is 0 Å². The van der Waals surface area contributed by atoms with E-state index in [1.807, 2.05) is 36.4 Å². The highest BCUT2D eigenvalue weighted by Crippen LogP contribution is 2.18. The smallest absolute Gasteiger partial charge is 0.248 e. The number of rotatable bonds is 0. The van der Waals surface area contributed by atoms with Gasteiger partial charge in [0.25, 0.3) is 0 Å². The summed E-state index contributed by atoms with van der Waals surface area (Å²) >= 11 is 0. The lowest BCUT2D eigenvalue weighted by atomic mass is 10.1. The summed E-state index contributed by atoms with van der Waals surface area (Å²) < 4.78 is 22.8. The molecule has 3 rings (SSSR count). The van der Waals surface area contributed by atoms with E-state index >= 15 is 0 Å². The Morgan fingerprint density at radius 2 is 1.22 bits per heavy atom. The first-order chi connectivity index (χ1) is 8.66. The lowest BCUT2D eigenvalue weighted by Crippen LogP contribution is -1.80. The van der Waals surface area contributed by atoms with Crippen molar-refractivity contribution < 1.29 is 8.42 Å². The van der Waals surface area contributed by atoms with E-state index < -0.39 is 10.5 Å². The van der Waals surface area contributed by atoms with Crippen LogP contribution in [0.15, 0.2) is 54.6 Å². The average molecular weight is 258 g/mol. The second kappa shape index (κ2) is 5.37. The molecule has 2 aromatic carbocycles. The van der Waals surface area contributed by atoms with Crippen molar-refractivity contribution in [3.05, 3.63) is 54.6 Å². The fourth-order valence-corrected chi connectivity index (χ4v) is 1.72. The van der Waals surface area contributed by atoms with Crippen LogP contribution in [0.2, 0.25) is 0 Å². The number of fused-ring (bicyclic) bond motifs is 2. The predicted octanol–water partition coefficient (Wildman–Crippen LogP) is 3.02. The van der Waals surface area contributed by atoms with Crippen molar-refractivity contribution in [1.82, 2.24) is 4.98 Å². The lowest BCUT2D eigenvalue weighted by Gasteiger charge is -1.99. The summed E-state index contributed by atoms with van der Waals surface area (Å²) in [5.74, 6) is 0. The molecule has 0 aliphatic heterocycles. The molecule has 1 heterocycles. The Labute approximate surface area is 105 Å². The standard InChI is InChI=1S/C13H9N.HNO2S/c1-3-7-12-10(5-1)9-11-6-2-4-8-13(11)14-12;1-4(2)3/h1-9H;1H. The summed E-state index contributed by atoms with van der Waals surface area (Å²) in [6, 6.07) is 18.6. The van der Waals surface area contributed by atoms with Gasteiger partial charge >= 0.3 is 10.5 Å². The van der Waals surface area contributed by atoms with Gasteiger partial charge in [-0.15, -0.1) is 0 Å². The van der Waals surface area contributed by atoms with Gasteiger partial charge in [0.15, 0.2) is 0 Å². The van der Waals surface area contributed by atoms with Gasteiger partial charge in [-0.25, -0.2) is 4.98 Å². The molecule has 0 fully saturated rings. The average Bonchev–Trinajstić information content (AvgIpc) is 2.35. The monoisotopic (exact) mass is 258 g/mol. The van der Waals surface area contributed by atoms with Crippen LogP contribution in [0.3, 0.4) is 0 Å². The van der Waals surface area contributed by atoms with Crippen molar-refractivity contribution in [1.29, 1.82) is 4.78 Å². The van der Waals surface area contributed by atoms with Crippen LogP contribution in [0.25, 0.3) is 21.8 Å². The van der Waals surface area contributed by atoms with Gasteiger partial charge in [-0.2, -0.15) is 13.2 Å². The third-order valence-electron chi connectivity index (χ3n) is 2.43. The molecule has 0 unspecified atom stereocenters. The van der Waals surface area contributed by atoms with E-state index in [1.54, 1.807) is 0 Å². The van der Waals surface area contributed by atoms with Crippen molar-refractivity contribution in [3.8, 4) is 0 Å². The fraction of sp³-hybridized carbons (Fsp3) is 0. The molecule has 0 aliphatic rings. The van der Waals surface area contributed by atoms with E-state index in [9.17, 15) is 0 Å². The molecular weight excluding hydrogens is 248 g/mol. The molecule has 3 aromatic rings. The van der Waals surface area contributed by atoms with Gasteiger partial charge in [0.1, 0.15) is 0 Å². The minimum absolute atomic E-state index is 1.06. The van der Waals surface area contributed by atoms with Crippen molar-refractivity contribution >= 4 is 32.3 Å². The SMILES string of the molecule is N=S(=O)=O.c1ccc2nc3ccccc3cc2c1. The molecule has 0 saturated heterocycles. The van der Waals surface area contributed by atoms with E-state index in [1.165, 1.54) is 10.8 Å². The molecule has 5 heteroatoms. The Morgan fingerprint density at radius 1 is 0.833 bits per heavy atom. The van der Waals surface area contributed by atoms with Gasteiger partial charge in [0, 0.05) is 10.8 Å². The number of benzene rings is 2. The summed E-state index contributed by atoms with van der Waals surface area (Å²) in [6.07, 6.45) is 0. The molecule has 0 atom stereocenters. The summed E-state index contributed by atoms with van der Waals surface area (Å²) in [4.78, 5) is 4.58. The Kier molecular flexibility index (Phi) is 3.64. The van der Waals surface area contributed by atoms with Crippen LogP contribution in [-0.2, 0) is 10.5 Å². The zero-order valence-electron chi connectivity index (χ0n) is 9.37. The normalized spacial score (nSPS) is 9.78. The fourth-order valence-electron chi connectivity index (χ4n) is 1.72. The minimum Gasteiger partial charge on any atom is -0.248 e. The van der Waals surface area contributed by atoms with Crippen LogP contribution < -0.4 is 0 Å². The number of aromatic nitrogens is 1. The van der Waals surface area contributed by atoms with E-state index in [0.717, 1.165) is 11.0 Å². The van der Waals surface area contributed by atoms with E-state index in [2.05, 4.69) is 23.2 Å². The lowest BCUT2D eigenvalue weighted by molar-refractivity contribution is 0.620. The summed E-state index contributed by atoms with van der Waals surface area (Å²) in [5, 5.41) is 2.40. The Bertz CT molecular complexity index is 686. The second-order valence-electron chi connectivity index (χ2n) is 3.61. The summed E-state index contributed by atoms with van der Waals surface area (Å²) in [7, 11) is -2.61. The highest BCUT2D eigenvalue weighted by atomic mass is 32.2. The van der Waals surface area contributed by atoms with E-state index in [-0.39, 0.29) is 0 Å². The number of hydrogen-bond acceptors (Lipinski definition) is 4. The predicted molar refractivity (Wildman–Crippen MR) is 70.9 cm³/mol. The van der Waals surface area contributed by atoms with Gasteiger partial charge in [-0.1, -0.05) is 36.4 Å². The number of nitrogens with zero attached hydrogens (tertiary/aromatic N) is 1. The maximum Gasteiger partial charge on any atom is 0.308 e. The largest absolute Gasteiger partial charge is 0.308 e. The molecule has 0 spiro atoms. The molecule has 4 nitrogen and oxygen atoms in total. The molecule has 0 saturated carbocycles. The van der Waals surface area contributed by atoms with Gasteiger partial charge in [0.05, 0.1) is 11.0 Å². The number of pyridine rings is 1. The van der Waals surface area contributed by atoms with Crippen LogP contribution in [0.1, 0.15) is 0 Å². The van der Waals surface area contributed by atoms with E-state index in [4.69, 9.17) is 13.2 Å². The van der Waals surface area contributed by atoms with Crippen molar-refractivity contribution in [2.45, 2.75) is 0 Å². The van der Waals surface area contributed by atoms with Crippen LogP contribution in [0.5, 0.6) is 0 Å². The Morgan fingerprint density at radius 3 is 1.67 bits per heavy atom. The molecule has 0 radical (unpaired) electrons. The third kappa shape index (κ3) is 2.89. The number of para-hydroxylation sites is 2. The van der Waals surface area contributed by atoms with Gasteiger partial charge < -0.3 is 0 Å². The zero-order chi connectivity index (χ0) is 13.0. The van der Waals surface area contributed by atoms with Crippen LogP contribution >= 0.6 is 0 Å². The molecule has 0 aliphatic carbocycles. The number of nitrogens with one attached hydrogen (secondary N) is 1. The first kappa shape index (κ1) is 12.2. The van der Waals surface area contributed by atoms with Crippen LogP contribution in [-0.4, -0.2) is 13.4 Å². The highest BCUT2D eigenvalue weighted by Gasteiger charge is 1.96. The summed E-state index contributed by atoms with van der Waals surface area (Å²) in [6.45, 7) is 0. The molecule has 1 N–H and O–H groups in total. The Balaban J connectivity index is 0.000000267. The Hall–Kier alpha value is -2.27. The van der Waals surface area contributed by atoms with E-state index in [0.29, 0.717) is 0 Å². The van der Waals surface area contributed by atoms with Crippen LogP contribution in [0, 0.1) is 4.78 Å². The molecule has 90 valence electrons. The molecule has 1 aromatic heterocycles. The molecule has 0 bridgehead atoms. The first-order valence-electron chi connectivity index (χ1n) is 5.22. The van der Waals surface area contributed by atoms with Crippen LogP contribution in [0.4, 0.5) is 0 Å². The quantitative estimate of drug-likeness (QED) is 0.630. The first-order valence-corrected chi connectivity index (χ1v) is 6.29. The minimum atomic E-state index is -2.61. The van der Waals surface area contributed by atoms with Gasteiger partial charge in [-0.05, 0) is 18.2 Å². The van der Waals surface area contributed by atoms with Crippen molar-refractivity contribution in [3.63, 3.8) is 0 Å². The maximum atomic E-state index is 8.67. The van der Waals surface area contributed by atoms with Crippen molar-refractivity contribution in [2.75, 3.05) is 0 Å². The van der Waals surface area contributed by atoms with Gasteiger partial charge in [0.2, 0.25) is 0 Å². The third-order valence-corrected chi connectivity index (χ3v) is 2.43. The second-order valence-corrected chi connectivity index (χ2v) is 4.08. The summed E-state index contributed by atoms with van der Waals surface area (Å²) in [5.41, 5.74) is 2.12. The maximum absolute atomic E-state index is 8.67. The molecular formula is C13H10N2O2S. The van der Waals surface area contributed by atoms with Gasteiger partial charge in [-0.3, -0.25) is 0 Å².